The Balaban J connectivity index is 1.59. The van der Waals surface area contributed by atoms with Crippen LogP contribution in [0.5, 0.6) is 5.88 Å². The average molecular weight is 368 g/mol. The number of aromatic amines is 1. The molecule has 0 spiro atoms. The largest absolute Gasteiger partial charge is 0.477 e. The first-order valence-corrected chi connectivity index (χ1v) is 8.81. The summed E-state index contributed by atoms with van der Waals surface area (Å²) in [6.07, 6.45) is 5.03. The van der Waals surface area contributed by atoms with Gasteiger partial charge in [-0.3, -0.25) is 4.79 Å². The molecule has 1 aliphatic rings. The third-order valence-electron chi connectivity index (χ3n) is 5.00. The Morgan fingerprint density at radius 2 is 2.26 bits per heavy atom. The topological polar surface area (TPSA) is 100 Å². The van der Waals surface area contributed by atoms with Crippen molar-refractivity contribution in [2.24, 2.45) is 7.05 Å². The maximum atomic E-state index is 12.3. The fraction of sp³-hybridized carbons (Fsp3) is 0.316. The lowest BCUT2D eigenvalue weighted by molar-refractivity contribution is 0.0695. The van der Waals surface area contributed by atoms with E-state index in [1.54, 1.807) is 16.9 Å². The number of anilines is 1. The fourth-order valence-electron chi connectivity index (χ4n) is 3.58. The first-order chi connectivity index (χ1) is 13.0. The van der Waals surface area contributed by atoms with Crippen LogP contribution in [0.3, 0.4) is 0 Å². The maximum Gasteiger partial charge on any atom is 0.341 e. The molecule has 2 aromatic heterocycles. The zero-order valence-corrected chi connectivity index (χ0v) is 14.9. The number of carboxylic acid groups (broad SMARTS) is 1. The van der Waals surface area contributed by atoms with Gasteiger partial charge < -0.3 is 19.7 Å². The Kier molecular flexibility index (Phi) is 4.31. The van der Waals surface area contributed by atoms with Crippen LogP contribution in [0.25, 0.3) is 10.9 Å². The number of hydrogen-bond acceptors (Lipinski definition) is 5. The summed E-state index contributed by atoms with van der Waals surface area (Å²) in [6, 6.07) is 7.51. The summed E-state index contributed by atoms with van der Waals surface area (Å²) in [5.41, 5.74) is 0.886. The van der Waals surface area contributed by atoms with E-state index in [0.29, 0.717) is 17.5 Å². The molecule has 0 bridgehead atoms. The van der Waals surface area contributed by atoms with Crippen molar-refractivity contribution in [2.75, 3.05) is 18.1 Å². The highest BCUT2D eigenvalue weighted by molar-refractivity contribution is 5.93. The molecule has 140 valence electrons. The van der Waals surface area contributed by atoms with Crippen molar-refractivity contribution in [1.29, 1.82) is 0 Å². The standard InChI is InChI=1S/C19H20N4O4/c1-22-17(6-7-21-22)27-11-13-3-2-8-23(13)12-4-5-14-16(9-12)20-10-15(18(14)24)19(25)26/h4-7,9-10,13H,2-3,8,11H2,1H3,(H,20,24)(H,25,26). The molecule has 0 radical (unpaired) electrons. The van der Waals surface area contributed by atoms with Crippen molar-refractivity contribution < 1.29 is 14.6 Å². The third kappa shape index (κ3) is 3.14. The molecule has 1 saturated heterocycles. The van der Waals surface area contributed by atoms with E-state index >= 15 is 0 Å². The van der Waals surface area contributed by atoms with E-state index in [1.165, 1.54) is 6.20 Å². The van der Waals surface area contributed by atoms with Gasteiger partial charge in [-0.1, -0.05) is 0 Å². The van der Waals surface area contributed by atoms with Crippen molar-refractivity contribution in [3.8, 4) is 5.88 Å². The predicted octanol–water partition coefficient (Wildman–Crippen LogP) is 2.01. The summed E-state index contributed by atoms with van der Waals surface area (Å²) in [7, 11) is 1.84. The third-order valence-corrected chi connectivity index (χ3v) is 5.00. The SMILES string of the molecule is Cn1nccc1OCC1CCCN1c1ccc2c(=O)c(C(=O)O)c[nH]c2c1. The van der Waals surface area contributed by atoms with Gasteiger partial charge in [0.05, 0.1) is 17.8 Å². The van der Waals surface area contributed by atoms with Gasteiger partial charge in [-0.05, 0) is 31.0 Å². The Hall–Kier alpha value is -3.29. The number of hydrogen-bond donors (Lipinski definition) is 2. The molecule has 1 atom stereocenters. The molecule has 8 heteroatoms. The lowest BCUT2D eigenvalue weighted by Gasteiger charge is -2.27. The van der Waals surface area contributed by atoms with Gasteiger partial charge in [-0.2, -0.15) is 5.10 Å². The van der Waals surface area contributed by atoms with E-state index in [4.69, 9.17) is 9.84 Å². The summed E-state index contributed by atoms with van der Waals surface area (Å²) in [5, 5.41) is 13.6. The van der Waals surface area contributed by atoms with Crippen molar-refractivity contribution in [3.05, 3.63) is 52.4 Å². The number of aryl methyl sites for hydroxylation is 1. The molecule has 8 nitrogen and oxygen atoms in total. The van der Waals surface area contributed by atoms with Crippen LogP contribution in [0, 0.1) is 0 Å². The quantitative estimate of drug-likeness (QED) is 0.714. The molecule has 27 heavy (non-hydrogen) atoms. The average Bonchev–Trinajstić information content (AvgIpc) is 3.28. The van der Waals surface area contributed by atoms with Gasteiger partial charge in [0, 0.05) is 36.9 Å². The van der Waals surface area contributed by atoms with E-state index in [2.05, 4.69) is 15.0 Å². The highest BCUT2D eigenvalue weighted by atomic mass is 16.5. The van der Waals surface area contributed by atoms with Crippen LogP contribution in [0.15, 0.2) is 41.5 Å². The van der Waals surface area contributed by atoms with Gasteiger partial charge in [-0.15, -0.1) is 0 Å². The molecule has 4 rings (SSSR count). The van der Waals surface area contributed by atoms with Crippen molar-refractivity contribution in [1.82, 2.24) is 14.8 Å². The minimum Gasteiger partial charge on any atom is -0.477 e. The Morgan fingerprint density at radius 1 is 1.41 bits per heavy atom. The molecule has 0 aliphatic carbocycles. The molecular formula is C19H20N4O4. The van der Waals surface area contributed by atoms with Crippen molar-refractivity contribution in [2.45, 2.75) is 18.9 Å². The molecule has 2 N–H and O–H groups in total. The van der Waals surface area contributed by atoms with Crippen LogP contribution in [0.2, 0.25) is 0 Å². The summed E-state index contributed by atoms with van der Waals surface area (Å²) in [4.78, 5) is 28.6. The van der Waals surface area contributed by atoms with Gasteiger partial charge in [0.25, 0.3) is 0 Å². The number of rotatable bonds is 5. The maximum absolute atomic E-state index is 12.3. The molecule has 3 aromatic rings. The molecule has 1 aromatic carbocycles. The van der Waals surface area contributed by atoms with Crippen LogP contribution in [0.1, 0.15) is 23.2 Å². The summed E-state index contributed by atoms with van der Waals surface area (Å²) in [6.45, 7) is 1.45. The van der Waals surface area contributed by atoms with Crippen molar-refractivity contribution in [3.63, 3.8) is 0 Å². The Bertz CT molecular complexity index is 1060. The summed E-state index contributed by atoms with van der Waals surface area (Å²) in [5.74, 6) is -0.500. The first-order valence-electron chi connectivity index (χ1n) is 8.81. The number of aromatic carboxylic acids is 1. The number of fused-ring (bicyclic) bond motifs is 1. The van der Waals surface area contributed by atoms with Crippen molar-refractivity contribution >= 4 is 22.6 Å². The van der Waals surface area contributed by atoms with Crippen LogP contribution < -0.4 is 15.1 Å². The number of H-pyrrole nitrogens is 1. The van der Waals surface area contributed by atoms with Gasteiger partial charge in [-0.25, -0.2) is 9.48 Å². The highest BCUT2D eigenvalue weighted by Crippen LogP contribution is 2.28. The predicted molar refractivity (Wildman–Crippen MR) is 101 cm³/mol. The number of benzene rings is 1. The number of nitrogens with one attached hydrogen (secondary N) is 1. The number of carbonyl (C=O) groups is 1. The van der Waals surface area contributed by atoms with Crippen LogP contribution >= 0.6 is 0 Å². The molecule has 1 aliphatic heterocycles. The van der Waals surface area contributed by atoms with Gasteiger partial charge in [0.1, 0.15) is 12.2 Å². The second kappa shape index (κ2) is 6.79. The first kappa shape index (κ1) is 17.1. The Labute approximate surface area is 155 Å². The normalized spacial score (nSPS) is 16.8. The second-order valence-corrected chi connectivity index (χ2v) is 6.66. The van der Waals surface area contributed by atoms with Gasteiger partial charge in [0.2, 0.25) is 11.3 Å². The number of aromatic nitrogens is 3. The minimum atomic E-state index is -1.23. The number of nitrogens with zero attached hydrogens (tertiary/aromatic N) is 3. The van der Waals surface area contributed by atoms with E-state index < -0.39 is 11.4 Å². The van der Waals surface area contributed by atoms with E-state index in [0.717, 1.165) is 31.0 Å². The molecule has 1 fully saturated rings. The lowest BCUT2D eigenvalue weighted by Crippen LogP contribution is -2.34. The molecule has 0 amide bonds. The van der Waals surface area contributed by atoms with Gasteiger partial charge >= 0.3 is 5.97 Å². The summed E-state index contributed by atoms with van der Waals surface area (Å²) >= 11 is 0. The van der Waals surface area contributed by atoms with E-state index in [9.17, 15) is 9.59 Å². The molecule has 0 saturated carbocycles. The lowest BCUT2D eigenvalue weighted by atomic mass is 10.1. The summed E-state index contributed by atoms with van der Waals surface area (Å²) < 4.78 is 7.59. The number of carboxylic acids is 1. The Morgan fingerprint density at radius 3 is 3.00 bits per heavy atom. The molecule has 1 unspecified atom stereocenters. The molecule has 3 heterocycles. The molecular weight excluding hydrogens is 348 g/mol. The minimum absolute atomic E-state index is 0.224. The van der Waals surface area contributed by atoms with E-state index in [-0.39, 0.29) is 11.6 Å². The van der Waals surface area contributed by atoms with Crippen LogP contribution in [-0.4, -0.2) is 45.0 Å². The second-order valence-electron chi connectivity index (χ2n) is 6.66. The van der Waals surface area contributed by atoms with Gasteiger partial charge in [0.15, 0.2) is 0 Å². The monoisotopic (exact) mass is 368 g/mol. The van der Waals surface area contributed by atoms with Crippen LogP contribution in [0.4, 0.5) is 5.69 Å². The number of pyridine rings is 1. The van der Waals surface area contributed by atoms with E-state index in [1.807, 2.05) is 25.2 Å². The smallest absolute Gasteiger partial charge is 0.341 e. The van der Waals surface area contributed by atoms with Crippen LogP contribution in [-0.2, 0) is 7.05 Å². The zero-order chi connectivity index (χ0) is 19.0. The zero-order valence-electron chi connectivity index (χ0n) is 14.9. The highest BCUT2D eigenvalue weighted by Gasteiger charge is 2.26. The fourth-order valence-corrected chi connectivity index (χ4v) is 3.58. The number of ether oxygens (including phenoxy) is 1.